The van der Waals surface area contributed by atoms with Gasteiger partial charge in [0.05, 0.1) is 10.7 Å². The average Bonchev–Trinajstić information content (AvgIpc) is 3.35. The molecule has 0 aliphatic heterocycles. The van der Waals surface area contributed by atoms with Gasteiger partial charge < -0.3 is 10.3 Å². The van der Waals surface area contributed by atoms with Crippen LogP contribution in [0.2, 0.25) is 0 Å². The first-order chi connectivity index (χ1) is 14.2. The number of amides is 1. The fourth-order valence-electron chi connectivity index (χ4n) is 3.55. The van der Waals surface area contributed by atoms with Crippen LogP contribution in [0.5, 0.6) is 0 Å². The molecule has 0 saturated heterocycles. The zero-order chi connectivity index (χ0) is 20.1. The Hall–Kier alpha value is -2.92. The van der Waals surface area contributed by atoms with E-state index in [0.717, 1.165) is 41.0 Å². The summed E-state index contributed by atoms with van der Waals surface area (Å²) < 4.78 is 0. The molecule has 0 atom stereocenters. The number of H-pyrrole nitrogens is 1. The number of aryl methyl sites for hydroxylation is 2. The Morgan fingerprint density at radius 2 is 1.93 bits per heavy atom. The third-order valence-electron chi connectivity index (χ3n) is 5.13. The lowest BCUT2D eigenvalue weighted by Crippen LogP contribution is -2.25. The molecule has 0 fully saturated rings. The number of hydrogen-bond donors (Lipinski definition) is 2. The van der Waals surface area contributed by atoms with E-state index >= 15 is 0 Å². The first-order valence-corrected chi connectivity index (χ1v) is 10.9. The zero-order valence-electron chi connectivity index (χ0n) is 16.6. The summed E-state index contributed by atoms with van der Waals surface area (Å²) in [5.74, 6) is 0.124. The van der Waals surface area contributed by atoms with Gasteiger partial charge in [-0.05, 0) is 43.4 Å². The van der Waals surface area contributed by atoms with Crippen molar-refractivity contribution in [2.75, 3.05) is 6.54 Å². The first kappa shape index (κ1) is 19.4. The molecular formula is C24H25N3OS. The Labute approximate surface area is 175 Å². The molecule has 0 bridgehead atoms. The summed E-state index contributed by atoms with van der Waals surface area (Å²) >= 11 is 1.67. The van der Waals surface area contributed by atoms with Crippen LogP contribution in [-0.2, 0) is 17.6 Å². The summed E-state index contributed by atoms with van der Waals surface area (Å²) in [6, 6.07) is 16.7. The molecule has 2 N–H and O–H groups in total. The number of fused-ring (bicyclic) bond motifs is 1. The molecular weight excluding hydrogens is 378 g/mol. The minimum absolute atomic E-state index is 0.124. The van der Waals surface area contributed by atoms with E-state index in [-0.39, 0.29) is 5.91 Å². The number of carbonyl (C=O) groups is 1. The number of thiazole rings is 1. The van der Waals surface area contributed by atoms with E-state index in [0.29, 0.717) is 13.0 Å². The summed E-state index contributed by atoms with van der Waals surface area (Å²) in [7, 11) is 0. The van der Waals surface area contributed by atoms with Crippen molar-refractivity contribution in [1.29, 1.82) is 0 Å². The number of para-hydroxylation sites is 1. The van der Waals surface area contributed by atoms with E-state index in [4.69, 9.17) is 0 Å². The smallest absolute Gasteiger partial charge is 0.220 e. The quantitative estimate of drug-likeness (QED) is 0.420. The standard InChI is InChI=1S/C24H25N3OS/c1-17-27-23(16-29-17)19-11-9-18(10-12-19)13-14-25-24(28)8-4-5-20-15-26-22-7-3-2-6-21(20)22/h2-3,6-7,9-12,15-16,26H,4-5,8,13-14H2,1H3,(H,25,28). The Morgan fingerprint density at radius 1 is 1.10 bits per heavy atom. The Kier molecular flexibility index (Phi) is 6.06. The largest absolute Gasteiger partial charge is 0.361 e. The number of rotatable bonds is 8. The molecule has 1 amide bonds. The molecule has 0 radical (unpaired) electrons. The van der Waals surface area contributed by atoms with Crippen LogP contribution in [0.4, 0.5) is 0 Å². The van der Waals surface area contributed by atoms with Crippen molar-refractivity contribution >= 4 is 28.1 Å². The molecule has 0 spiro atoms. The van der Waals surface area contributed by atoms with Crippen molar-refractivity contribution in [3.8, 4) is 11.3 Å². The van der Waals surface area contributed by atoms with Gasteiger partial charge in [-0.2, -0.15) is 0 Å². The van der Waals surface area contributed by atoms with Gasteiger partial charge in [-0.1, -0.05) is 42.5 Å². The molecule has 4 nitrogen and oxygen atoms in total. The molecule has 5 heteroatoms. The number of aromatic nitrogens is 2. The second-order valence-corrected chi connectivity index (χ2v) is 8.32. The molecule has 2 aromatic carbocycles. The highest BCUT2D eigenvalue weighted by Gasteiger charge is 2.06. The molecule has 4 aromatic rings. The van der Waals surface area contributed by atoms with E-state index in [1.165, 1.54) is 16.5 Å². The zero-order valence-corrected chi connectivity index (χ0v) is 17.4. The molecule has 0 aliphatic rings. The van der Waals surface area contributed by atoms with E-state index in [2.05, 4.69) is 69.3 Å². The maximum absolute atomic E-state index is 12.1. The Bertz CT molecular complexity index is 1090. The van der Waals surface area contributed by atoms with Gasteiger partial charge in [0.15, 0.2) is 0 Å². The first-order valence-electron chi connectivity index (χ1n) is 10.0. The second kappa shape index (κ2) is 9.05. The van der Waals surface area contributed by atoms with Crippen LogP contribution in [-0.4, -0.2) is 22.4 Å². The number of carbonyl (C=O) groups excluding carboxylic acids is 1. The monoisotopic (exact) mass is 403 g/mol. The molecule has 4 rings (SSSR count). The lowest BCUT2D eigenvalue weighted by molar-refractivity contribution is -0.121. The normalized spacial score (nSPS) is 11.1. The van der Waals surface area contributed by atoms with Crippen molar-refractivity contribution in [2.45, 2.75) is 32.6 Å². The molecule has 148 valence electrons. The summed E-state index contributed by atoms with van der Waals surface area (Å²) in [6.45, 7) is 2.69. The number of benzene rings is 2. The van der Waals surface area contributed by atoms with E-state index < -0.39 is 0 Å². The maximum Gasteiger partial charge on any atom is 0.220 e. The highest BCUT2D eigenvalue weighted by molar-refractivity contribution is 7.09. The molecule has 2 heterocycles. The highest BCUT2D eigenvalue weighted by Crippen LogP contribution is 2.22. The maximum atomic E-state index is 12.1. The van der Waals surface area contributed by atoms with Crippen LogP contribution >= 0.6 is 11.3 Å². The minimum Gasteiger partial charge on any atom is -0.361 e. The number of nitrogens with one attached hydrogen (secondary N) is 2. The second-order valence-electron chi connectivity index (χ2n) is 7.26. The van der Waals surface area contributed by atoms with Gasteiger partial charge in [-0.3, -0.25) is 4.79 Å². The topological polar surface area (TPSA) is 57.8 Å². The van der Waals surface area contributed by atoms with Gasteiger partial charge >= 0.3 is 0 Å². The Morgan fingerprint density at radius 3 is 2.72 bits per heavy atom. The summed E-state index contributed by atoms with van der Waals surface area (Å²) in [6.07, 6.45) is 5.22. The van der Waals surface area contributed by atoms with E-state index in [1.807, 2.05) is 13.0 Å². The van der Waals surface area contributed by atoms with E-state index in [1.54, 1.807) is 11.3 Å². The van der Waals surface area contributed by atoms with Crippen LogP contribution in [0.1, 0.15) is 29.0 Å². The van der Waals surface area contributed by atoms with Crippen molar-refractivity contribution in [2.24, 2.45) is 0 Å². The third-order valence-corrected chi connectivity index (χ3v) is 5.90. The van der Waals surface area contributed by atoms with Crippen molar-refractivity contribution < 1.29 is 4.79 Å². The van der Waals surface area contributed by atoms with Crippen LogP contribution in [0.25, 0.3) is 22.2 Å². The molecule has 0 saturated carbocycles. The predicted molar refractivity (Wildman–Crippen MR) is 120 cm³/mol. The van der Waals surface area contributed by atoms with Crippen LogP contribution in [0, 0.1) is 6.92 Å². The number of nitrogens with zero attached hydrogens (tertiary/aromatic N) is 1. The molecule has 0 unspecified atom stereocenters. The third kappa shape index (κ3) is 4.93. The minimum atomic E-state index is 0.124. The highest BCUT2D eigenvalue weighted by atomic mass is 32.1. The van der Waals surface area contributed by atoms with Crippen molar-refractivity contribution in [1.82, 2.24) is 15.3 Å². The van der Waals surface area contributed by atoms with Gasteiger partial charge in [0.1, 0.15) is 0 Å². The van der Waals surface area contributed by atoms with Crippen LogP contribution in [0.15, 0.2) is 60.1 Å². The van der Waals surface area contributed by atoms with Gasteiger partial charge in [0.25, 0.3) is 0 Å². The van der Waals surface area contributed by atoms with Gasteiger partial charge in [0.2, 0.25) is 5.91 Å². The average molecular weight is 404 g/mol. The summed E-state index contributed by atoms with van der Waals surface area (Å²) in [4.78, 5) is 20.0. The van der Waals surface area contributed by atoms with Crippen LogP contribution < -0.4 is 5.32 Å². The van der Waals surface area contributed by atoms with Gasteiger partial charge in [-0.15, -0.1) is 11.3 Å². The van der Waals surface area contributed by atoms with Gasteiger partial charge in [0, 0.05) is 41.0 Å². The fourth-order valence-corrected chi connectivity index (χ4v) is 4.17. The van der Waals surface area contributed by atoms with Gasteiger partial charge in [-0.25, -0.2) is 4.98 Å². The Balaban J connectivity index is 1.19. The van der Waals surface area contributed by atoms with Crippen LogP contribution in [0.3, 0.4) is 0 Å². The summed E-state index contributed by atoms with van der Waals surface area (Å²) in [5, 5.41) is 7.46. The number of hydrogen-bond acceptors (Lipinski definition) is 3. The molecule has 29 heavy (non-hydrogen) atoms. The SMILES string of the molecule is Cc1nc(-c2ccc(CCNC(=O)CCCc3c[nH]c4ccccc34)cc2)cs1. The van der Waals surface area contributed by atoms with Crippen molar-refractivity contribution in [3.63, 3.8) is 0 Å². The van der Waals surface area contributed by atoms with E-state index in [9.17, 15) is 4.79 Å². The van der Waals surface area contributed by atoms with Crippen molar-refractivity contribution in [3.05, 3.63) is 76.2 Å². The molecule has 2 aromatic heterocycles. The predicted octanol–water partition coefficient (Wildman–Crippen LogP) is 5.28. The molecule has 0 aliphatic carbocycles. The summed E-state index contributed by atoms with van der Waals surface area (Å²) in [5.41, 5.74) is 5.83. The number of aromatic amines is 1. The lowest BCUT2D eigenvalue weighted by atomic mass is 10.1. The fraction of sp³-hybridized carbons (Fsp3) is 0.250. The lowest BCUT2D eigenvalue weighted by Gasteiger charge is -2.06.